The summed E-state index contributed by atoms with van der Waals surface area (Å²) < 4.78 is 9.33. The molecule has 0 aliphatic heterocycles. The summed E-state index contributed by atoms with van der Waals surface area (Å²) in [6.45, 7) is 3.89. The van der Waals surface area contributed by atoms with Gasteiger partial charge in [-0.05, 0) is 6.08 Å². The number of rotatable bonds is 4. The fourth-order valence-electron chi connectivity index (χ4n) is 0.259. The molecule has 2 nitrogen and oxygen atoms in total. The second-order valence-electron chi connectivity index (χ2n) is 1.11. The third-order valence-electron chi connectivity index (χ3n) is 0.543. The van der Waals surface area contributed by atoms with Crippen LogP contribution in [0.2, 0.25) is 0 Å². The summed E-state index contributed by atoms with van der Waals surface area (Å²) in [6.07, 6.45) is 4.70. The lowest BCUT2D eigenvalue weighted by Crippen LogP contribution is -1.78. The van der Waals surface area contributed by atoms with Crippen molar-refractivity contribution in [3.05, 3.63) is 25.2 Å². The first-order valence-electron chi connectivity index (χ1n) is 2.32. The van der Waals surface area contributed by atoms with Gasteiger partial charge in [0, 0.05) is 0 Å². The van der Waals surface area contributed by atoms with Crippen molar-refractivity contribution in [2.24, 2.45) is 0 Å². The molecule has 0 aliphatic rings. The van der Waals surface area contributed by atoms with Crippen LogP contribution in [-0.2, 0) is 9.47 Å². The van der Waals surface area contributed by atoms with Gasteiger partial charge < -0.3 is 9.47 Å². The Bertz CT molecular complexity index is 76.6. The first kappa shape index (κ1) is 7.08. The molecule has 0 spiro atoms. The van der Waals surface area contributed by atoms with Crippen molar-refractivity contribution in [1.82, 2.24) is 0 Å². The Balaban J connectivity index is 2.90. The van der Waals surface area contributed by atoms with Crippen LogP contribution in [0.25, 0.3) is 0 Å². The minimum Gasteiger partial charge on any atom is -0.505 e. The predicted molar refractivity (Wildman–Crippen MR) is 32.3 cm³/mol. The minimum atomic E-state index is 0.525. The molecule has 0 aromatic carbocycles. The van der Waals surface area contributed by atoms with Gasteiger partial charge in [0.05, 0.1) is 19.6 Å². The summed E-state index contributed by atoms with van der Waals surface area (Å²) in [5, 5.41) is 0. The van der Waals surface area contributed by atoms with E-state index in [9.17, 15) is 0 Å². The summed E-state index contributed by atoms with van der Waals surface area (Å²) in [7, 11) is 1.59. The summed E-state index contributed by atoms with van der Waals surface area (Å²) in [6, 6.07) is 0. The maximum atomic E-state index is 4.73. The zero-order chi connectivity index (χ0) is 6.24. The average Bonchev–Trinajstić information content (AvgIpc) is 1.81. The zero-order valence-electron chi connectivity index (χ0n) is 4.96. The molecule has 2 heteroatoms. The van der Waals surface area contributed by atoms with E-state index in [4.69, 9.17) is 4.74 Å². The molecule has 46 valence electrons. The van der Waals surface area contributed by atoms with E-state index in [0.29, 0.717) is 6.61 Å². The number of hydrogen-bond donors (Lipinski definition) is 0. The maximum Gasteiger partial charge on any atom is 0.109 e. The molecule has 0 unspecified atom stereocenters. The third kappa shape index (κ3) is 5.08. The monoisotopic (exact) mass is 114 g/mol. The number of ether oxygens (including phenoxy) is 2. The summed E-state index contributed by atoms with van der Waals surface area (Å²) in [5.74, 6) is 0. The van der Waals surface area contributed by atoms with Crippen molar-refractivity contribution in [3.8, 4) is 0 Å². The molecule has 0 heterocycles. The molecule has 0 aromatic heterocycles. The Labute approximate surface area is 49.4 Å². The van der Waals surface area contributed by atoms with Gasteiger partial charge in [0.15, 0.2) is 0 Å². The maximum absolute atomic E-state index is 4.73. The Morgan fingerprint density at radius 1 is 1.62 bits per heavy atom. The van der Waals surface area contributed by atoms with Crippen LogP contribution in [0.1, 0.15) is 0 Å². The van der Waals surface area contributed by atoms with Crippen molar-refractivity contribution < 1.29 is 9.47 Å². The molecular formula is C6H10O2. The lowest BCUT2D eigenvalue weighted by atomic mass is 10.7. The van der Waals surface area contributed by atoms with Crippen LogP contribution in [0.3, 0.4) is 0 Å². The lowest BCUT2D eigenvalue weighted by molar-refractivity contribution is 0.280. The molecular weight excluding hydrogens is 104 g/mol. The van der Waals surface area contributed by atoms with Gasteiger partial charge in [0.1, 0.15) is 6.61 Å². The molecule has 0 bridgehead atoms. The van der Waals surface area contributed by atoms with E-state index in [1.54, 1.807) is 19.4 Å². The highest BCUT2D eigenvalue weighted by molar-refractivity contribution is 4.72. The lowest BCUT2D eigenvalue weighted by Gasteiger charge is -1.90. The SMILES string of the molecule is C=COC/C=C/OC. The van der Waals surface area contributed by atoms with Gasteiger partial charge in [-0.2, -0.15) is 0 Å². The molecule has 0 aromatic rings. The van der Waals surface area contributed by atoms with Gasteiger partial charge in [-0.25, -0.2) is 0 Å². The Kier molecular flexibility index (Phi) is 5.38. The van der Waals surface area contributed by atoms with Crippen molar-refractivity contribution in [2.75, 3.05) is 13.7 Å². The van der Waals surface area contributed by atoms with Gasteiger partial charge in [-0.3, -0.25) is 0 Å². The van der Waals surface area contributed by atoms with E-state index in [-0.39, 0.29) is 0 Å². The fourth-order valence-corrected chi connectivity index (χ4v) is 0.259. The van der Waals surface area contributed by atoms with E-state index in [1.807, 2.05) is 0 Å². The first-order chi connectivity index (χ1) is 3.91. The van der Waals surface area contributed by atoms with E-state index in [1.165, 1.54) is 6.26 Å². The van der Waals surface area contributed by atoms with Gasteiger partial charge in [0.25, 0.3) is 0 Å². The number of methoxy groups -OCH3 is 1. The smallest absolute Gasteiger partial charge is 0.109 e. The van der Waals surface area contributed by atoms with Crippen LogP contribution < -0.4 is 0 Å². The van der Waals surface area contributed by atoms with Crippen LogP contribution in [0, 0.1) is 0 Å². The number of hydrogen-bond acceptors (Lipinski definition) is 2. The second-order valence-corrected chi connectivity index (χ2v) is 1.11. The Morgan fingerprint density at radius 2 is 2.38 bits per heavy atom. The highest BCUT2D eigenvalue weighted by atomic mass is 16.5. The van der Waals surface area contributed by atoms with E-state index >= 15 is 0 Å². The molecule has 0 N–H and O–H groups in total. The van der Waals surface area contributed by atoms with E-state index in [0.717, 1.165) is 0 Å². The van der Waals surface area contributed by atoms with Crippen LogP contribution in [0.15, 0.2) is 25.2 Å². The quantitative estimate of drug-likeness (QED) is 0.405. The highest BCUT2D eigenvalue weighted by Gasteiger charge is 1.68. The molecule has 0 atom stereocenters. The van der Waals surface area contributed by atoms with Gasteiger partial charge in [-0.15, -0.1) is 0 Å². The molecule has 0 fully saturated rings. The standard InChI is InChI=1S/C6H10O2/c1-3-8-6-4-5-7-2/h3-5H,1,6H2,2H3/b5-4+. The molecule has 0 saturated heterocycles. The van der Waals surface area contributed by atoms with E-state index in [2.05, 4.69) is 11.3 Å². The van der Waals surface area contributed by atoms with Gasteiger partial charge >= 0.3 is 0 Å². The summed E-state index contributed by atoms with van der Waals surface area (Å²) in [5.41, 5.74) is 0. The predicted octanol–water partition coefficient (Wildman–Crippen LogP) is 1.31. The average molecular weight is 114 g/mol. The van der Waals surface area contributed by atoms with Crippen LogP contribution in [0.4, 0.5) is 0 Å². The minimum absolute atomic E-state index is 0.525. The summed E-state index contributed by atoms with van der Waals surface area (Å²) in [4.78, 5) is 0. The van der Waals surface area contributed by atoms with Crippen LogP contribution in [0.5, 0.6) is 0 Å². The van der Waals surface area contributed by atoms with Crippen molar-refractivity contribution in [3.63, 3.8) is 0 Å². The van der Waals surface area contributed by atoms with Crippen molar-refractivity contribution in [2.45, 2.75) is 0 Å². The molecule has 0 amide bonds. The normalized spacial score (nSPS) is 9.12. The highest BCUT2D eigenvalue weighted by Crippen LogP contribution is 1.76. The van der Waals surface area contributed by atoms with Crippen LogP contribution >= 0.6 is 0 Å². The first-order valence-corrected chi connectivity index (χ1v) is 2.32. The van der Waals surface area contributed by atoms with Gasteiger partial charge in [-0.1, -0.05) is 6.58 Å². The molecule has 0 rings (SSSR count). The van der Waals surface area contributed by atoms with Crippen molar-refractivity contribution >= 4 is 0 Å². The third-order valence-corrected chi connectivity index (χ3v) is 0.543. The second kappa shape index (κ2) is 6.08. The molecule has 0 aliphatic carbocycles. The van der Waals surface area contributed by atoms with Crippen LogP contribution in [-0.4, -0.2) is 13.7 Å². The van der Waals surface area contributed by atoms with Crippen molar-refractivity contribution in [1.29, 1.82) is 0 Å². The molecule has 8 heavy (non-hydrogen) atoms. The van der Waals surface area contributed by atoms with Gasteiger partial charge in [0.2, 0.25) is 0 Å². The topological polar surface area (TPSA) is 18.5 Å². The fraction of sp³-hybridized carbons (Fsp3) is 0.333. The Morgan fingerprint density at radius 3 is 2.88 bits per heavy atom. The Hall–Kier alpha value is -0.920. The largest absolute Gasteiger partial charge is 0.505 e. The zero-order valence-corrected chi connectivity index (χ0v) is 4.96. The molecule has 0 saturated carbocycles. The van der Waals surface area contributed by atoms with E-state index < -0.39 is 0 Å². The summed E-state index contributed by atoms with van der Waals surface area (Å²) >= 11 is 0. The molecule has 0 radical (unpaired) electrons.